The fraction of sp³-hybridized carbons (Fsp3) is 0.429. The van der Waals surface area contributed by atoms with E-state index >= 15 is 0 Å². The summed E-state index contributed by atoms with van der Waals surface area (Å²) >= 11 is 0. The molecule has 0 atom stereocenters. The van der Waals surface area contributed by atoms with Crippen molar-refractivity contribution >= 4 is 11.8 Å². The summed E-state index contributed by atoms with van der Waals surface area (Å²) in [6.07, 6.45) is 0.797. The zero-order valence-electron chi connectivity index (χ0n) is 11.4. The SMILES string of the molecule is CC(=O)NCCOc1ccc(CCNC(C)=O)cc1. The van der Waals surface area contributed by atoms with Gasteiger partial charge < -0.3 is 15.4 Å². The Morgan fingerprint density at radius 2 is 1.58 bits per heavy atom. The Bertz CT molecular complexity index is 415. The normalized spacial score (nSPS) is 9.79. The van der Waals surface area contributed by atoms with E-state index in [1.165, 1.54) is 13.8 Å². The first-order valence-corrected chi connectivity index (χ1v) is 6.28. The fourth-order valence-corrected chi connectivity index (χ4v) is 1.53. The van der Waals surface area contributed by atoms with Crippen molar-refractivity contribution in [2.75, 3.05) is 19.7 Å². The number of hydrogen-bond acceptors (Lipinski definition) is 3. The molecule has 0 bridgehead atoms. The third-order valence-electron chi connectivity index (χ3n) is 2.46. The third-order valence-corrected chi connectivity index (χ3v) is 2.46. The average Bonchev–Trinajstić information content (AvgIpc) is 2.36. The molecular weight excluding hydrogens is 244 g/mol. The van der Waals surface area contributed by atoms with Crippen molar-refractivity contribution in [2.45, 2.75) is 20.3 Å². The Labute approximate surface area is 113 Å². The van der Waals surface area contributed by atoms with E-state index in [1.807, 2.05) is 24.3 Å². The van der Waals surface area contributed by atoms with E-state index in [4.69, 9.17) is 4.74 Å². The first-order chi connectivity index (χ1) is 9.08. The summed E-state index contributed by atoms with van der Waals surface area (Å²) in [5.41, 5.74) is 1.14. The lowest BCUT2D eigenvalue weighted by Gasteiger charge is -2.08. The maximum atomic E-state index is 10.7. The predicted molar refractivity (Wildman–Crippen MR) is 73.0 cm³/mol. The lowest BCUT2D eigenvalue weighted by molar-refractivity contribution is -0.119. The van der Waals surface area contributed by atoms with Crippen molar-refractivity contribution in [2.24, 2.45) is 0 Å². The third kappa shape index (κ3) is 7.08. The highest BCUT2D eigenvalue weighted by atomic mass is 16.5. The van der Waals surface area contributed by atoms with Gasteiger partial charge in [0.1, 0.15) is 12.4 Å². The van der Waals surface area contributed by atoms with Crippen molar-refractivity contribution < 1.29 is 14.3 Å². The minimum absolute atomic E-state index is 0.0158. The van der Waals surface area contributed by atoms with E-state index in [0.717, 1.165) is 17.7 Å². The van der Waals surface area contributed by atoms with Crippen LogP contribution in [0.2, 0.25) is 0 Å². The van der Waals surface area contributed by atoms with E-state index in [-0.39, 0.29) is 11.8 Å². The highest BCUT2D eigenvalue weighted by Crippen LogP contribution is 2.12. The van der Waals surface area contributed by atoms with E-state index in [9.17, 15) is 9.59 Å². The van der Waals surface area contributed by atoms with E-state index < -0.39 is 0 Å². The van der Waals surface area contributed by atoms with Gasteiger partial charge in [-0.3, -0.25) is 9.59 Å². The molecule has 1 aromatic carbocycles. The second-order valence-corrected chi connectivity index (χ2v) is 4.21. The summed E-state index contributed by atoms with van der Waals surface area (Å²) in [4.78, 5) is 21.4. The highest BCUT2D eigenvalue weighted by Gasteiger charge is 1.97. The van der Waals surface area contributed by atoms with Crippen molar-refractivity contribution in [3.8, 4) is 5.75 Å². The molecule has 104 valence electrons. The van der Waals surface area contributed by atoms with Crippen LogP contribution in [-0.4, -0.2) is 31.5 Å². The molecule has 1 aromatic rings. The fourth-order valence-electron chi connectivity index (χ4n) is 1.53. The average molecular weight is 264 g/mol. The van der Waals surface area contributed by atoms with Gasteiger partial charge in [-0.25, -0.2) is 0 Å². The van der Waals surface area contributed by atoms with Crippen molar-refractivity contribution in [3.05, 3.63) is 29.8 Å². The Hall–Kier alpha value is -2.04. The zero-order chi connectivity index (χ0) is 14.1. The first kappa shape index (κ1) is 15.0. The molecule has 0 aromatic heterocycles. The molecule has 1 rings (SSSR count). The lowest BCUT2D eigenvalue weighted by atomic mass is 10.1. The molecule has 0 aliphatic heterocycles. The van der Waals surface area contributed by atoms with Crippen LogP contribution in [-0.2, 0) is 16.0 Å². The molecule has 0 heterocycles. The van der Waals surface area contributed by atoms with E-state index in [2.05, 4.69) is 10.6 Å². The molecule has 0 spiro atoms. The number of carbonyl (C=O) groups is 2. The number of carbonyl (C=O) groups excluding carboxylic acids is 2. The van der Waals surface area contributed by atoms with Crippen LogP contribution >= 0.6 is 0 Å². The van der Waals surface area contributed by atoms with E-state index in [0.29, 0.717) is 19.7 Å². The molecule has 2 N–H and O–H groups in total. The second-order valence-electron chi connectivity index (χ2n) is 4.21. The largest absolute Gasteiger partial charge is 0.492 e. The van der Waals surface area contributed by atoms with Crippen LogP contribution in [0.4, 0.5) is 0 Å². The lowest BCUT2D eigenvalue weighted by Crippen LogP contribution is -2.25. The van der Waals surface area contributed by atoms with Gasteiger partial charge in [0.05, 0.1) is 6.54 Å². The molecule has 0 radical (unpaired) electrons. The van der Waals surface area contributed by atoms with Crippen molar-refractivity contribution in [1.82, 2.24) is 10.6 Å². The number of hydrogen-bond donors (Lipinski definition) is 2. The maximum Gasteiger partial charge on any atom is 0.216 e. The minimum atomic E-state index is -0.0584. The van der Waals surface area contributed by atoms with Crippen LogP contribution in [0, 0.1) is 0 Å². The Balaban J connectivity index is 2.27. The Morgan fingerprint density at radius 3 is 2.16 bits per heavy atom. The van der Waals surface area contributed by atoms with Gasteiger partial charge in [0.25, 0.3) is 0 Å². The second kappa shape index (κ2) is 8.13. The Morgan fingerprint density at radius 1 is 1.00 bits per heavy atom. The van der Waals surface area contributed by atoms with Crippen LogP contribution in [0.25, 0.3) is 0 Å². The zero-order valence-corrected chi connectivity index (χ0v) is 11.4. The van der Waals surface area contributed by atoms with Gasteiger partial charge in [0.15, 0.2) is 0 Å². The van der Waals surface area contributed by atoms with Crippen LogP contribution in [0.15, 0.2) is 24.3 Å². The van der Waals surface area contributed by atoms with Gasteiger partial charge in [-0.05, 0) is 24.1 Å². The predicted octanol–water partition coefficient (Wildman–Crippen LogP) is 0.880. The van der Waals surface area contributed by atoms with Gasteiger partial charge in [0, 0.05) is 20.4 Å². The number of benzene rings is 1. The topological polar surface area (TPSA) is 67.4 Å². The molecule has 19 heavy (non-hydrogen) atoms. The molecule has 5 heteroatoms. The molecule has 0 fully saturated rings. The summed E-state index contributed by atoms with van der Waals surface area (Å²) in [7, 11) is 0. The van der Waals surface area contributed by atoms with Gasteiger partial charge in [-0.2, -0.15) is 0 Å². The van der Waals surface area contributed by atoms with Crippen molar-refractivity contribution in [1.29, 1.82) is 0 Å². The van der Waals surface area contributed by atoms with Gasteiger partial charge >= 0.3 is 0 Å². The molecule has 0 saturated carbocycles. The summed E-state index contributed by atoms with van der Waals surface area (Å²) in [5, 5.41) is 5.41. The minimum Gasteiger partial charge on any atom is -0.492 e. The van der Waals surface area contributed by atoms with Crippen LogP contribution in [0.5, 0.6) is 5.75 Å². The van der Waals surface area contributed by atoms with Crippen LogP contribution in [0.3, 0.4) is 0 Å². The van der Waals surface area contributed by atoms with Gasteiger partial charge in [-0.1, -0.05) is 12.1 Å². The van der Waals surface area contributed by atoms with Gasteiger partial charge in [-0.15, -0.1) is 0 Å². The van der Waals surface area contributed by atoms with Gasteiger partial charge in [0.2, 0.25) is 11.8 Å². The first-order valence-electron chi connectivity index (χ1n) is 6.28. The monoisotopic (exact) mass is 264 g/mol. The summed E-state index contributed by atoms with van der Waals surface area (Å²) in [5.74, 6) is 0.698. The molecule has 0 aliphatic carbocycles. The number of rotatable bonds is 7. The smallest absolute Gasteiger partial charge is 0.216 e. The van der Waals surface area contributed by atoms with Crippen LogP contribution in [0.1, 0.15) is 19.4 Å². The molecule has 0 unspecified atom stereocenters. The summed E-state index contributed by atoms with van der Waals surface area (Å²) in [6.45, 7) is 4.57. The standard InChI is InChI=1S/C14H20N2O3/c1-11(17)15-8-7-13-3-5-14(6-4-13)19-10-9-16-12(2)18/h3-6H,7-10H2,1-2H3,(H,15,17)(H,16,18). The highest BCUT2D eigenvalue weighted by molar-refractivity contribution is 5.73. The van der Waals surface area contributed by atoms with Crippen LogP contribution < -0.4 is 15.4 Å². The number of amides is 2. The number of nitrogens with one attached hydrogen (secondary N) is 2. The molecule has 0 aliphatic rings. The quantitative estimate of drug-likeness (QED) is 0.718. The number of ether oxygens (including phenoxy) is 1. The maximum absolute atomic E-state index is 10.7. The van der Waals surface area contributed by atoms with Crippen molar-refractivity contribution in [3.63, 3.8) is 0 Å². The molecule has 0 saturated heterocycles. The molecule has 5 nitrogen and oxygen atoms in total. The summed E-state index contributed by atoms with van der Waals surface area (Å²) in [6, 6.07) is 7.71. The summed E-state index contributed by atoms with van der Waals surface area (Å²) < 4.78 is 5.47. The Kier molecular flexibility index (Phi) is 6.43. The molecular formula is C14H20N2O3. The van der Waals surface area contributed by atoms with E-state index in [1.54, 1.807) is 0 Å². The molecule has 2 amide bonds.